The number of fused-ring (bicyclic) bond motifs is 3. The van der Waals surface area contributed by atoms with E-state index in [0.717, 1.165) is 41.0 Å². The number of piperidine rings is 1. The second-order valence-corrected chi connectivity index (χ2v) is 15.1. The summed E-state index contributed by atoms with van der Waals surface area (Å²) < 4.78 is 30.4. The first kappa shape index (κ1) is 40.6. The highest BCUT2D eigenvalue weighted by Gasteiger charge is 2.52. The molecule has 0 atom stereocenters. The van der Waals surface area contributed by atoms with Crippen molar-refractivity contribution in [2.45, 2.75) is 70.5 Å². The average Bonchev–Trinajstić information content (AvgIpc) is 3.56. The summed E-state index contributed by atoms with van der Waals surface area (Å²) in [6.45, 7) is 12.8. The first-order valence-corrected chi connectivity index (χ1v) is 20.0. The Balaban J connectivity index is 1.11. The normalized spacial score (nSPS) is 15.6. The maximum Gasteiger partial charge on any atom is 0.317 e. The van der Waals surface area contributed by atoms with E-state index >= 15 is 0 Å². The zero-order valence-electron chi connectivity index (χ0n) is 30.5. The Bertz CT molecular complexity index is 1610. The predicted octanol–water partition coefficient (Wildman–Crippen LogP) is 5.73. The number of benzene rings is 1. The van der Waals surface area contributed by atoms with Crippen molar-refractivity contribution in [3.8, 4) is 0 Å². The summed E-state index contributed by atoms with van der Waals surface area (Å²) >= 11 is 8.52. The number of carbonyl (C=O) groups excluding carboxylic acids is 2. The monoisotopic (exact) mass is 854 g/mol. The molecule has 52 heavy (non-hydrogen) atoms. The Kier molecular flexibility index (Phi) is 15.3. The lowest BCUT2D eigenvalue weighted by Crippen LogP contribution is -2.54. The van der Waals surface area contributed by atoms with E-state index in [4.69, 9.17) is 40.3 Å². The number of halogens is 2. The van der Waals surface area contributed by atoms with E-state index in [1.165, 1.54) is 0 Å². The topological polar surface area (TPSA) is 130 Å². The van der Waals surface area contributed by atoms with Gasteiger partial charge in [0, 0.05) is 43.0 Å². The zero-order valence-corrected chi connectivity index (χ0v) is 33.5. The van der Waals surface area contributed by atoms with Crippen LogP contribution >= 0.6 is 34.2 Å². The summed E-state index contributed by atoms with van der Waals surface area (Å²) in [5.41, 5.74) is 2.50. The summed E-state index contributed by atoms with van der Waals surface area (Å²) in [4.78, 5) is 40.4. The first-order chi connectivity index (χ1) is 25.1. The maximum absolute atomic E-state index is 14.4. The van der Waals surface area contributed by atoms with E-state index in [9.17, 15) is 9.59 Å². The fraction of sp³-hybridized carbons (Fsp3) is 0.622. The van der Waals surface area contributed by atoms with Gasteiger partial charge in [0.05, 0.1) is 92.3 Å². The van der Waals surface area contributed by atoms with Gasteiger partial charge in [0.2, 0.25) is 5.91 Å². The Labute approximate surface area is 325 Å². The van der Waals surface area contributed by atoms with Crippen LogP contribution in [-0.2, 0) is 47.0 Å². The van der Waals surface area contributed by atoms with Crippen molar-refractivity contribution >= 4 is 62.9 Å². The van der Waals surface area contributed by atoms with E-state index in [0.29, 0.717) is 108 Å². The number of anilines is 1. The smallest absolute Gasteiger partial charge is 0.317 e. The highest BCUT2D eigenvalue weighted by molar-refractivity contribution is 14.1. The van der Waals surface area contributed by atoms with Crippen molar-refractivity contribution in [1.82, 2.24) is 24.8 Å². The van der Waals surface area contributed by atoms with E-state index < -0.39 is 5.41 Å². The van der Waals surface area contributed by atoms with Gasteiger partial charge in [0.1, 0.15) is 5.82 Å². The third kappa shape index (κ3) is 10.8. The molecule has 0 radical (unpaired) electrons. The molecule has 1 spiro atoms. The van der Waals surface area contributed by atoms with E-state index in [-0.39, 0.29) is 17.5 Å². The fourth-order valence-electron chi connectivity index (χ4n) is 6.69. The Morgan fingerprint density at radius 3 is 2.19 bits per heavy atom. The van der Waals surface area contributed by atoms with E-state index in [2.05, 4.69) is 37.5 Å². The minimum absolute atomic E-state index is 0.0346. The highest BCUT2D eigenvalue weighted by Crippen LogP contribution is 2.48. The molecule has 5 rings (SSSR count). The number of amides is 3. The lowest BCUT2D eigenvalue weighted by atomic mass is 9.74. The molecule has 1 aromatic carbocycles. The summed E-state index contributed by atoms with van der Waals surface area (Å²) in [6.07, 6.45) is 6.35. The molecule has 0 saturated carbocycles. The van der Waals surface area contributed by atoms with E-state index in [1.807, 2.05) is 54.8 Å². The molecular formula is C37H52ClIN6O7. The quantitative estimate of drug-likeness (QED) is 0.0862. The largest absolute Gasteiger partial charge is 0.379 e. The molecule has 1 saturated heterocycles. The molecule has 2 aliphatic heterocycles. The lowest BCUT2D eigenvalue weighted by Gasteiger charge is -2.39. The van der Waals surface area contributed by atoms with Crippen LogP contribution in [0.3, 0.4) is 0 Å². The van der Waals surface area contributed by atoms with Crippen LogP contribution in [0.1, 0.15) is 57.8 Å². The van der Waals surface area contributed by atoms with Crippen molar-refractivity contribution in [3.63, 3.8) is 0 Å². The molecule has 1 N–H and O–H groups in total. The Morgan fingerprint density at radius 1 is 0.923 bits per heavy atom. The van der Waals surface area contributed by atoms with Gasteiger partial charge in [0.15, 0.2) is 0 Å². The minimum atomic E-state index is -0.705. The number of nitrogens with zero attached hydrogens (tertiary/aromatic N) is 5. The molecule has 15 heteroatoms. The number of imidazole rings is 1. The number of carbonyl (C=O) groups is 2. The number of pyridine rings is 1. The Morgan fingerprint density at radius 2 is 1.56 bits per heavy atom. The van der Waals surface area contributed by atoms with Crippen LogP contribution in [0, 0.1) is 0 Å². The van der Waals surface area contributed by atoms with Gasteiger partial charge in [0.25, 0.3) is 0 Å². The van der Waals surface area contributed by atoms with Gasteiger partial charge in [-0.25, -0.2) is 9.78 Å². The molecule has 3 amide bonds. The number of unbranched alkanes of at least 4 members (excludes halogenated alkanes) is 1. The second kappa shape index (κ2) is 19.6. The summed E-state index contributed by atoms with van der Waals surface area (Å²) in [5, 5.41) is 3.66. The third-order valence-corrected chi connectivity index (χ3v) is 9.90. The van der Waals surface area contributed by atoms with Crippen molar-refractivity contribution in [2.24, 2.45) is 0 Å². The van der Waals surface area contributed by atoms with Crippen LogP contribution in [-0.4, -0.2) is 114 Å². The highest BCUT2D eigenvalue weighted by atomic mass is 127. The Hall–Kier alpha value is -2.60. The standard InChI is InChI=1S/C37H52ClIN6O7/c1-36(2,3)42-35(47)43-13-9-37(10-14-43)29-8-11-40-25-32(29)45(34(37)46)26-33-41-30-24-28(38)6-7-31(30)44(33)12-4-5-15-48-16-17-49-18-19-50-20-21-51-22-23-52-27-39/h6-8,11,24-25H,4-5,9-10,12-23,26-27H2,1-3H3,(H,42,47). The number of urea groups is 1. The number of ether oxygens (including phenoxy) is 5. The molecule has 0 bridgehead atoms. The molecule has 2 aromatic heterocycles. The molecule has 2 aliphatic rings. The number of aromatic nitrogens is 3. The molecule has 3 aromatic rings. The third-order valence-electron chi connectivity index (χ3n) is 9.22. The molecule has 0 aliphatic carbocycles. The van der Waals surface area contributed by atoms with Crippen LogP contribution in [0.25, 0.3) is 11.0 Å². The fourth-order valence-corrected chi connectivity index (χ4v) is 7.17. The SMILES string of the molecule is CC(C)(C)NC(=O)N1CCC2(CC1)C(=O)N(Cc1nc3cc(Cl)ccc3n1CCCCOCCOCCOCCOCCOCI)c1cnccc12. The molecule has 4 heterocycles. The van der Waals surface area contributed by atoms with Gasteiger partial charge < -0.3 is 43.4 Å². The van der Waals surface area contributed by atoms with Crippen molar-refractivity contribution in [1.29, 1.82) is 0 Å². The van der Waals surface area contributed by atoms with Gasteiger partial charge >= 0.3 is 6.03 Å². The van der Waals surface area contributed by atoms with Crippen LogP contribution in [0.15, 0.2) is 36.7 Å². The van der Waals surface area contributed by atoms with Crippen LogP contribution in [0.4, 0.5) is 10.5 Å². The molecular weight excluding hydrogens is 803 g/mol. The second-order valence-electron chi connectivity index (χ2n) is 14.0. The average molecular weight is 855 g/mol. The summed E-state index contributed by atoms with van der Waals surface area (Å²) in [5.74, 6) is 0.820. The van der Waals surface area contributed by atoms with Gasteiger partial charge in [-0.05, 0) is 76.3 Å². The van der Waals surface area contributed by atoms with Crippen molar-refractivity contribution in [3.05, 3.63) is 53.1 Å². The number of hydrogen-bond donors (Lipinski definition) is 1. The molecule has 13 nitrogen and oxygen atoms in total. The molecule has 286 valence electrons. The number of nitrogens with one attached hydrogen (secondary N) is 1. The van der Waals surface area contributed by atoms with Gasteiger partial charge in [-0.1, -0.05) is 34.2 Å². The predicted molar refractivity (Wildman–Crippen MR) is 208 cm³/mol. The summed E-state index contributed by atoms with van der Waals surface area (Å²) in [6, 6.07) is 7.59. The molecule has 1 fully saturated rings. The van der Waals surface area contributed by atoms with Crippen LogP contribution in [0.5, 0.6) is 0 Å². The van der Waals surface area contributed by atoms with Gasteiger partial charge in [-0.3, -0.25) is 9.78 Å². The van der Waals surface area contributed by atoms with Gasteiger partial charge in [-0.2, -0.15) is 0 Å². The lowest BCUT2D eigenvalue weighted by molar-refractivity contribution is -0.124. The zero-order chi connectivity index (χ0) is 37.0. The van der Waals surface area contributed by atoms with Crippen molar-refractivity contribution in [2.75, 3.05) is 82.1 Å². The first-order valence-electron chi connectivity index (χ1n) is 18.1. The number of aryl methyl sites for hydroxylation is 1. The van der Waals surface area contributed by atoms with Gasteiger partial charge in [-0.15, -0.1) is 0 Å². The number of hydrogen-bond acceptors (Lipinski definition) is 9. The van der Waals surface area contributed by atoms with Crippen LogP contribution in [0.2, 0.25) is 5.02 Å². The number of rotatable bonds is 20. The number of likely N-dealkylation sites (tertiary alicyclic amines) is 1. The van der Waals surface area contributed by atoms with Crippen LogP contribution < -0.4 is 10.2 Å². The minimum Gasteiger partial charge on any atom is -0.379 e. The summed E-state index contributed by atoms with van der Waals surface area (Å²) in [7, 11) is 0. The molecule has 0 unspecified atom stereocenters. The maximum atomic E-state index is 14.4. The number of alkyl halides is 1. The van der Waals surface area contributed by atoms with E-state index in [1.54, 1.807) is 12.4 Å². The van der Waals surface area contributed by atoms with Crippen molar-refractivity contribution < 1.29 is 33.3 Å².